The van der Waals surface area contributed by atoms with E-state index in [1.807, 2.05) is 18.4 Å². The van der Waals surface area contributed by atoms with Crippen LogP contribution in [0.5, 0.6) is 0 Å². The molecule has 0 aliphatic heterocycles. The number of carbonyl (C=O) groups excluding carboxylic acids is 2. The zero-order chi connectivity index (χ0) is 13.5. The molecule has 0 saturated carbocycles. The minimum atomic E-state index is -0.633. The number of carbonyl (C=O) groups is 2. The minimum absolute atomic E-state index is 0.302. The van der Waals surface area contributed by atoms with Crippen LogP contribution in [0.4, 0.5) is 0 Å². The maximum atomic E-state index is 11.6. The highest BCUT2D eigenvalue weighted by Crippen LogP contribution is 2.16. The Hall–Kier alpha value is -1.62. The Kier molecular flexibility index (Phi) is 5.58. The van der Waals surface area contributed by atoms with Gasteiger partial charge in [0.1, 0.15) is 6.04 Å². The Balaban J connectivity index is 2.49. The molecule has 1 aromatic heterocycles. The second-order valence-electron chi connectivity index (χ2n) is 3.78. The molecule has 4 nitrogen and oxygen atoms in total. The standard InChI is InChI=1S/C13H17NO3S/c1-4-17-13(16)10(3)14-12(15)6-5-11-9(2)7-8-18-11/h5-8,10H,4H2,1-3H3,(H,14,15)/b6-5+. The molecular weight excluding hydrogens is 250 g/mol. The van der Waals surface area contributed by atoms with E-state index < -0.39 is 12.0 Å². The van der Waals surface area contributed by atoms with Crippen molar-refractivity contribution in [3.05, 3.63) is 28.0 Å². The second kappa shape index (κ2) is 6.96. The van der Waals surface area contributed by atoms with Gasteiger partial charge in [0.25, 0.3) is 0 Å². The molecule has 0 spiro atoms. The molecular formula is C13H17NO3S. The van der Waals surface area contributed by atoms with Crippen molar-refractivity contribution in [1.82, 2.24) is 5.32 Å². The Labute approximate surface area is 111 Å². The first-order chi connectivity index (χ1) is 8.54. The van der Waals surface area contributed by atoms with E-state index in [9.17, 15) is 9.59 Å². The number of nitrogens with one attached hydrogen (secondary N) is 1. The molecule has 0 aromatic carbocycles. The van der Waals surface area contributed by atoms with Crippen LogP contribution in [0.1, 0.15) is 24.3 Å². The molecule has 1 aromatic rings. The summed E-state index contributed by atoms with van der Waals surface area (Å²) in [6.45, 7) is 5.62. The first kappa shape index (κ1) is 14.4. The number of thiophene rings is 1. The van der Waals surface area contributed by atoms with E-state index in [0.717, 1.165) is 10.4 Å². The number of aryl methyl sites for hydroxylation is 1. The molecule has 1 rings (SSSR count). The average Bonchev–Trinajstić information content (AvgIpc) is 2.72. The van der Waals surface area contributed by atoms with Crippen LogP contribution in [0.2, 0.25) is 0 Å². The van der Waals surface area contributed by atoms with Gasteiger partial charge in [-0.1, -0.05) is 0 Å². The van der Waals surface area contributed by atoms with E-state index in [-0.39, 0.29) is 5.91 Å². The van der Waals surface area contributed by atoms with Gasteiger partial charge in [0, 0.05) is 11.0 Å². The van der Waals surface area contributed by atoms with Crippen molar-refractivity contribution in [3.8, 4) is 0 Å². The predicted molar refractivity (Wildman–Crippen MR) is 72.3 cm³/mol. The lowest BCUT2D eigenvalue weighted by Gasteiger charge is -2.10. The first-order valence-corrected chi connectivity index (χ1v) is 6.62. The molecule has 0 fully saturated rings. The van der Waals surface area contributed by atoms with Crippen molar-refractivity contribution < 1.29 is 14.3 Å². The molecule has 0 radical (unpaired) electrons. The summed E-state index contributed by atoms with van der Waals surface area (Å²) >= 11 is 1.57. The molecule has 5 heteroatoms. The van der Waals surface area contributed by atoms with Crippen molar-refractivity contribution in [2.75, 3.05) is 6.61 Å². The largest absolute Gasteiger partial charge is 0.464 e. The van der Waals surface area contributed by atoms with Crippen LogP contribution < -0.4 is 5.32 Å². The fourth-order valence-corrected chi connectivity index (χ4v) is 2.11. The monoisotopic (exact) mass is 267 g/mol. The van der Waals surface area contributed by atoms with E-state index in [1.54, 1.807) is 31.3 Å². The van der Waals surface area contributed by atoms with Gasteiger partial charge in [-0.15, -0.1) is 11.3 Å². The zero-order valence-electron chi connectivity index (χ0n) is 10.7. The summed E-state index contributed by atoms with van der Waals surface area (Å²) < 4.78 is 4.80. The normalized spacial score (nSPS) is 12.4. The summed E-state index contributed by atoms with van der Waals surface area (Å²) in [6, 6.07) is 1.36. The first-order valence-electron chi connectivity index (χ1n) is 5.74. The minimum Gasteiger partial charge on any atom is -0.464 e. The molecule has 1 amide bonds. The van der Waals surface area contributed by atoms with Crippen molar-refractivity contribution in [1.29, 1.82) is 0 Å². The fourth-order valence-electron chi connectivity index (χ4n) is 1.29. The lowest BCUT2D eigenvalue weighted by molar-refractivity contribution is -0.146. The lowest BCUT2D eigenvalue weighted by Crippen LogP contribution is -2.38. The molecule has 1 atom stereocenters. The van der Waals surface area contributed by atoms with Gasteiger partial charge in [-0.3, -0.25) is 4.79 Å². The number of hydrogen-bond acceptors (Lipinski definition) is 4. The Morgan fingerprint density at radius 1 is 1.56 bits per heavy atom. The summed E-state index contributed by atoms with van der Waals surface area (Å²) in [4.78, 5) is 23.9. The molecule has 0 bridgehead atoms. The van der Waals surface area contributed by atoms with Gasteiger partial charge in [0.2, 0.25) is 5.91 Å². The van der Waals surface area contributed by atoms with Crippen molar-refractivity contribution in [2.24, 2.45) is 0 Å². The molecule has 1 unspecified atom stereocenters. The van der Waals surface area contributed by atoms with E-state index >= 15 is 0 Å². The summed E-state index contributed by atoms with van der Waals surface area (Å²) in [7, 11) is 0. The molecule has 0 aliphatic carbocycles. The van der Waals surface area contributed by atoms with Crippen LogP contribution in [0.25, 0.3) is 6.08 Å². The van der Waals surface area contributed by atoms with Crippen LogP contribution in [-0.4, -0.2) is 24.5 Å². The molecule has 1 heterocycles. The third kappa shape index (κ3) is 4.33. The molecule has 0 aliphatic rings. The lowest BCUT2D eigenvalue weighted by atomic mass is 10.2. The van der Waals surface area contributed by atoms with E-state index in [4.69, 9.17) is 4.74 Å². The third-order valence-corrected chi connectivity index (χ3v) is 3.27. The Bertz CT molecular complexity index is 451. The highest BCUT2D eigenvalue weighted by molar-refractivity contribution is 7.11. The van der Waals surface area contributed by atoms with Gasteiger partial charge < -0.3 is 10.1 Å². The highest BCUT2D eigenvalue weighted by Gasteiger charge is 2.14. The highest BCUT2D eigenvalue weighted by atomic mass is 32.1. The smallest absolute Gasteiger partial charge is 0.328 e. The summed E-state index contributed by atoms with van der Waals surface area (Å²) in [5, 5.41) is 4.52. The van der Waals surface area contributed by atoms with Crippen LogP contribution in [0.15, 0.2) is 17.5 Å². The maximum absolute atomic E-state index is 11.6. The Morgan fingerprint density at radius 3 is 2.83 bits per heavy atom. The van der Waals surface area contributed by atoms with Crippen LogP contribution in [0.3, 0.4) is 0 Å². The topological polar surface area (TPSA) is 55.4 Å². The third-order valence-electron chi connectivity index (χ3n) is 2.29. The van der Waals surface area contributed by atoms with Gasteiger partial charge in [0.05, 0.1) is 6.61 Å². The average molecular weight is 267 g/mol. The fraction of sp³-hybridized carbons (Fsp3) is 0.385. The number of rotatable bonds is 5. The van der Waals surface area contributed by atoms with Gasteiger partial charge in [-0.25, -0.2) is 4.79 Å². The van der Waals surface area contributed by atoms with Gasteiger partial charge >= 0.3 is 5.97 Å². The molecule has 1 N–H and O–H groups in total. The number of amides is 1. The van der Waals surface area contributed by atoms with Gasteiger partial charge in [-0.05, 0) is 43.9 Å². The number of hydrogen-bond donors (Lipinski definition) is 1. The molecule has 18 heavy (non-hydrogen) atoms. The molecule has 0 saturated heterocycles. The van der Waals surface area contributed by atoms with E-state index in [2.05, 4.69) is 5.32 Å². The van der Waals surface area contributed by atoms with Crippen molar-refractivity contribution in [3.63, 3.8) is 0 Å². The Morgan fingerprint density at radius 2 is 2.28 bits per heavy atom. The van der Waals surface area contributed by atoms with Crippen molar-refractivity contribution >= 4 is 29.3 Å². The van der Waals surface area contributed by atoms with Crippen molar-refractivity contribution in [2.45, 2.75) is 26.8 Å². The van der Waals surface area contributed by atoms with Gasteiger partial charge in [0.15, 0.2) is 0 Å². The molecule has 98 valence electrons. The second-order valence-corrected chi connectivity index (χ2v) is 4.73. The maximum Gasteiger partial charge on any atom is 0.328 e. The summed E-state index contributed by atoms with van der Waals surface area (Å²) in [5.74, 6) is -0.727. The predicted octanol–water partition coefficient (Wildman–Crippen LogP) is 2.14. The van der Waals surface area contributed by atoms with Crippen LogP contribution >= 0.6 is 11.3 Å². The number of ether oxygens (including phenoxy) is 1. The van der Waals surface area contributed by atoms with E-state index in [1.165, 1.54) is 6.08 Å². The zero-order valence-corrected chi connectivity index (χ0v) is 11.5. The van der Waals surface area contributed by atoms with Gasteiger partial charge in [-0.2, -0.15) is 0 Å². The summed E-state index contributed by atoms with van der Waals surface area (Å²) in [5.41, 5.74) is 1.13. The summed E-state index contributed by atoms with van der Waals surface area (Å²) in [6.07, 6.45) is 3.17. The number of esters is 1. The SMILES string of the molecule is CCOC(=O)C(C)NC(=O)/C=C/c1sccc1C. The van der Waals surface area contributed by atoms with Crippen LogP contribution in [-0.2, 0) is 14.3 Å². The van der Waals surface area contributed by atoms with Crippen LogP contribution in [0, 0.1) is 6.92 Å². The van der Waals surface area contributed by atoms with E-state index in [0.29, 0.717) is 6.61 Å². The quantitative estimate of drug-likeness (QED) is 0.657.